The van der Waals surface area contributed by atoms with Crippen LogP contribution in [-0.4, -0.2) is 77.0 Å². The van der Waals surface area contributed by atoms with Crippen LogP contribution in [0.4, 0.5) is 4.79 Å². The number of carbonyl (C=O) groups excluding carboxylic acids is 1. The van der Waals surface area contributed by atoms with Crippen molar-refractivity contribution in [2.24, 2.45) is 0 Å². The number of hydrogen-bond donors (Lipinski definition) is 2. The maximum atomic E-state index is 12.1. The Morgan fingerprint density at radius 2 is 2.11 bits per heavy atom. The summed E-state index contributed by atoms with van der Waals surface area (Å²) >= 11 is 0. The molecule has 0 spiro atoms. The van der Waals surface area contributed by atoms with Crippen molar-refractivity contribution in [3.63, 3.8) is 0 Å². The number of likely N-dealkylation sites (N-methyl/N-ethyl adjacent to an activating group) is 1. The lowest BCUT2D eigenvalue weighted by Gasteiger charge is -2.27. The summed E-state index contributed by atoms with van der Waals surface area (Å²) in [6, 6.07) is -1.34. The smallest absolute Gasteiger partial charge is 0.326 e. The zero-order valence-electron chi connectivity index (χ0n) is 11.6. The zero-order valence-corrected chi connectivity index (χ0v) is 11.6. The fraction of sp³-hybridized carbons (Fsp3) is 0.833. The first-order valence-corrected chi connectivity index (χ1v) is 6.37. The first-order valence-electron chi connectivity index (χ1n) is 6.37. The highest BCUT2D eigenvalue weighted by Gasteiger charge is 2.39. The topological polar surface area (TPSA) is 90.3 Å². The van der Waals surface area contributed by atoms with Crippen LogP contribution in [0, 0.1) is 0 Å². The number of carbonyl (C=O) groups is 2. The minimum absolute atomic E-state index is 0.0607. The predicted molar refractivity (Wildman–Crippen MR) is 67.9 cm³/mol. The quantitative estimate of drug-likeness (QED) is 0.735. The van der Waals surface area contributed by atoms with Gasteiger partial charge in [0.05, 0.1) is 18.8 Å². The Labute approximate surface area is 112 Å². The highest BCUT2D eigenvalue weighted by molar-refractivity contribution is 5.83. The van der Waals surface area contributed by atoms with Gasteiger partial charge in [-0.3, -0.25) is 0 Å². The van der Waals surface area contributed by atoms with Gasteiger partial charge in [-0.2, -0.15) is 0 Å². The monoisotopic (exact) mass is 274 g/mol. The first-order chi connectivity index (χ1) is 8.82. The molecule has 7 heteroatoms. The number of urea groups is 1. The summed E-state index contributed by atoms with van der Waals surface area (Å²) in [5.41, 5.74) is 0. The first kappa shape index (κ1) is 15.7. The third-order valence-corrected chi connectivity index (χ3v) is 3.01. The molecule has 1 saturated heterocycles. The molecule has 2 N–H and O–H groups in total. The van der Waals surface area contributed by atoms with Crippen LogP contribution >= 0.6 is 0 Å². The molecule has 0 aromatic carbocycles. The number of aliphatic hydroxyl groups is 1. The van der Waals surface area contributed by atoms with E-state index in [0.717, 1.165) is 0 Å². The van der Waals surface area contributed by atoms with Crippen molar-refractivity contribution in [3.8, 4) is 0 Å². The minimum atomic E-state index is -1.09. The van der Waals surface area contributed by atoms with Crippen LogP contribution in [0.25, 0.3) is 0 Å². The van der Waals surface area contributed by atoms with Gasteiger partial charge in [0.2, 0.25) is 0 Å². The molecule has 2 atom stereocenters. The average Bonchev–Trinajstić information content (AvgIpc) is 2.69. The predicted octanol–water partition coefficient (Wildman–Crippen LogP) is -0.0170. The van der Waals surface area contributed by atoms with Crippen molar-refractivity contribution in [2.45, 2.75) is 38.5 Å². The van der Waals surface area contributed by atoms with Crippen molar-refractivity contribution >= 4 is 12.0 Å². The van der Waals surface area contributed by atoms with Crippen molar-refractivity contribution in [2.75, 3.05) is 26.7 Å². The Kier molecular flexibility index (Phi) is 5.56. The Morgan fingerprint density at radius 1 is 1.47 bits per heavy atom. The normalized spacial score (nSPS) is 22.9. The molecule has 1 heterocycles. The molecule has 0 unspecified atom stereocenters. The molecule has 1 aliphatic heterocycles. The Balaban J connectivity index is 2.53. The number of hydrogen-bond acceptors (Lipinski definition) is 4. The lowest BCUT2D eigenvalue weighted by Crippen LogP contribution is -2.47. The number of likely N-dealkylation sites (tertiary alicyclic amines) is 1. The summed E-state index contributed by atoms with van der Waals surface area (Å²) in [5, 5.41) is 18.5. The molecule has 0 aliphatic carbocycles. The van der Waals surface area contributed by atoms with Crippen LogP contribution in [0.2, 0.25) is 0 Å². The van der Waals surface area contributed by atoms with E-state index in [4.69, 9.17) is 9.84 Å². The van der Waals surface area contributed by atoms with E-state index in [1.54, 1.807) is 7.05 Å². The number of rotatable bonds is 5. The second-order valence-electron chi connectivity index (χ2n) is 5.02. The van der Waals surface area contributed by atoms with Crippen molar-refractivity contribution in [1.29, 1.82) is 0 Å². The summed E-state index contributed by atoms with van der Waals surface area (Å²) in [4.78, 5) is 25.8. The highest BCUT2D eigenvalue weighted by atomic mass is 16.5. The van der Waals surface area contributed by atoms with Crippen LogP contribution < -0.4 is 0 Å². The van der Waals surface area contributed by atoms with E-state index in [0.29, 0.717) is 13.2 Å². The summed E-state index contributed by atoms with van der Waals surface area (Å²) in [6.07, 6.45) is -0.605. The third-order valence-electron chi connectivity index (χ3n) is 3.01. The van der Waals surface area contributed by atoms with Crippen LogP contribution in [0.5, 0.6) is 0 Å². The third kappa shape index (κ3) is 4.36. The van der Waals surface area contributed by atoms with Crippen LogP contribution in [0.15, 0.2) is 0 Å². The molecule has 1 fully saturated rings. The molecule has 0 bridgehead atoms. The number of β-amino-alcohol motifs (C(OH)–C–C–N with tert-alkyl or cyclic N) is 1. The number of ether oxygens (including phenoxy) is 1. The number of aliphatic hydroxyl groups excluding tert-OH is 1. The Hall–Kier alpha value is -1.34. The van der Waals surface area contributed by atoms with Gasteiger partial charge in [-0.25, -0.2) is 9.59 Å². The van der Waals surface area contributed by atoms with E-state index in [9.17, 15) is 14.7 Å². The van der Waals surface area contributed by atoms with Gasteiger partial charge in [-0.15, -0.1) is 0 Å². The second-order valence-corrected chi connectivity index (χ2v) is 5.02. The number of aliphatic carboxylic acids is 1. The molecule has 0 radical (unpaired) electrons. The molecule has 110 valence electrons. The maximum absolute atomic E-state index is 12.1. The van der Waals surface area contributed by atoms with E-state index in [-0.39, 0.29) is 19.1 Å². The van der Waals surface area contributed by atoms with Crippen molar-refractivity contribution in [3.05, 3.63) is 0 Å². The van der Waals surface area contributed by atoms with Gasteiger partial charge in [-0.05, 0) is 13.8 Å². The Bertz CT molecular complexity index is 334. The van der Waals surface area contributed by atoms with Crippen LogP contribution in [-0.2, 0) is 9.53 Å². The molecular weight excluding hydrogens is 252 g/mol. The molecular formula is C12H22N2O5. The molecule has 0 aromatic rings. The number of nitrogens with zero attached hydrogens (tertiary/aromatic N) is 2. The van der Waals surface area contributed by atoms with E-state index >= 15 is 0 Å². The van der Waals surface area contributed by atoms with Gasteiger partial charge in [0.15, 0.2) is 0 Å². The lowest BCUT2D eigenvalue weighted by molar-refractivity contribution is -0.141. The molecule has 19 heavy (non-hydrogen) atoms. The van der Waals surface area contributed by atoms with Gasteiger partial charge in [-0.1, -0.05) is 0 Å². The fourth-order valence-corrected chi connectivity index (χ4v) is 2.00. The van der Waals surface area contributed by atoms with E-state index in [1.807, 2.05) is 13.8 Å². The van der Waals surface area contributed by atoms with Crippen molar-refractivity contribution < 1.29 is 24.5 Å². The fourth-order valence-electron chi connectivity index (χ4n) is 2.00. The summed E-state index contributed by atoms with van der Waals surface area (Å²) < 4.78 is 5.34. The van der Waals surface area contributed by atoms with Gasteiger partial charge in [0.25, 0.3) is 0 Å². The molecule has 0 saturated carbocycles. The van der Waals surface area contributed by atoms with E-state index < -0.39 is 24.1 Å². The second kappa shape index (κ2) is 6.72. The Morgan fingerprint density at radius 3 is 2.63 bits per heavy atom. The van der Waals surface area contributed by atoms with Gasteiger partial charge < -0.3 is 24.7 Å². The highest BCUT2D eigenvalue weighted by Crippen LogP contribution is 2.19. The van der Waals surface area contributed by atoms with E-state index in [2.05, 4.69) is 0 Å². The number of amides is 2. The SMILES string of the molecule is CC(C)OCCN(C)C(=O)N1C[C@@H](O)C[C@H]1C(=O)O. The van der Waals surface area contributed by atoms with Gasteiger partial charge in [0, 0.05) is 26.6 Å². The summed E-state index contributed by atoms with van der Waals surface area (Å²) in [5.74, 6) is -1.09. The summed E-state index contributed by atoms with van der Waals surface area (Å²) in [6.45, 7) is 4.65. The van der Waals surface area contributed by atoms with Crippen molar-refractivity contribution in [1.82, 2.24) is 9.80 Å². The number of carboxylic acids is 1. The van der Waals surface area contributed by atoms with Gasteiger partial charge >= 0.3 is 12.0 Å². The standard InChI is InChI=1S/C12H22N2O5/c1-8(2)19-5-4-13(3)12(18)14-7-9(15)6-10(14)11(16)17/h8-10,15H,4-7H2,1-3H3,(H,16,17)/t9-,10-/m0/s1. The average molecular weight is 274 g/mol. The molecule has 1 aliphatic rings. The van der Waals surface area contributed by atoms with Gasteiger partial charge in [0.1, 0.15) is 6.04 Å². The van der Waals surface area contributed by atoms with Crippen LogP contribution in [0.3, 0.4) is 0 Å². The summed E-state index contributed by atoms with van der Waals surface area (Å²) in [7, 11) is 1.59. The zero-order chi connectivity index (χ0) is 14.6. The maximum Gasteiger partial charge on any atom is 0.326 e. The number of carboxylic acid groups (broad SMARTS) is 1. The largest absolute Gasteiger partial charge is 0.480 e. The van der Waals surface area contributed by atoms with Crippen LogP contribution in [0.1, 0.15) is 20.3 Å². The minimum Gasteiger partial charge on any atom is -0.480 e. The lowest BCUT2D eigenvalue weighted by atomic mass is 10.2. The molecule has 0 aromatic heterocycles. The molecule has 1 rings (SSSR count). The van der Waals surface area contributed by atoms with E-state index in [1.165, 1.54) is 9.80 Å². The molecule has 2 amide bonds. The molecule has 7 nitrogen and oxygen atoms in total.